The second-order valence-corrected chi connectivity index (χ2v) is 6.59. The van der Waals surface area contributed by atoms with Crippen molar-refractivity contribution in [3.05, 3.63) is 64.2 Å². The van der Waals surface area contributed by atoms with Crippen molar-refractivity contribution < 1.29 is 22.4 Å². The molecule has 0 bridgehead atoms. The van der Waals surface area contributed by atoms with E-state index in [4.69, 9.17) is 0 Å². The number of carbonyl (C=O) groups excluding carboxylic acids is 1. The van der Waals surface area contributed by atoms with Gasteiger partial charge in [-0.25, -0.2) is 17.6 Å². The molecule has 0 aliphatic carbocycles. The Hall–Kier alpha value is -2.69. The Morgan fingerprint density at radius 1 is 1.15 bits per heavy atom. The number of aromatic nitrogens is 4. The molecular weight excluding hydrogens is 434 g/mol. The fourth-order valence-electron chi connectivity index (χ4n) is 2.32. The number of hydrogen-bond acceptors (Lipinski definition) is 3. The van der Waals surface area contributed by atoms with Crippen molar-refractivity contribution >= 4 is 27.5 Å². The molecule has 2 aromatic heterocycles. The molecule has 0 aliphatic rings. The zero-order valence-corrected chi connectivity index (χ0v) is 15.3. The van der Waals surface area contributed by atoms with Gasteiger partial charge in [0.15, 0.2) is 17.5 Å². The molecule has 1 aromatic carbocycles. The third-order valence-corrected chi connectivity index (χ3v) is 4.19. The largest absolute Gasteiger partial charge is 0.322 e. The number of nitrogens with zero attached hydrogens (tertiary/aromatic N) is 4. The number of halogens is 5. The van der Waals surface area contributed by atoms with Gasteiger partial charge in [0.2, 0.25) is 5.91 Å². The summed E-state index contributed by atoms with van der Waals surface area (Å²) in [5.74, 6) is -6.61. The highest BCUT2D eigenvalue weighted by Gasteiger charge is 2.20. The van der Waals surface area contributed by atoms with Gasteiger partial charge in [-0.2, -0.15) is 10.2 Å². The van der Waals surface area contributed by atoms with Crippen molar-refractivity contribution in [2.24, 2.45) is 0 Å². The summed E-state index contributed by atoms with van der Waals surface area (Å²) in [4.78, 5) is 12.2. The highest BCUT2D eigenvalue weighted by Crippen LogP contribution is 2.21. The highest BCUT2D eigenvalue weighted by atomic mass is 79.9. The summed E-state index contributed by atoms with van der Waals surface area (Å²) in [6, 6.07) is -0.357. The van der Waals surface area contributed by atoms with E-state index in [0.29, 0.717) is 4.47 Å². The van der Waals surface area contributed by atoms with Gasteiger partial charge in [-0.05, 0) is 22.9 Å². The normalized spacial score (nSPS) is 12.2. The van der Waals surface area contributed by atoms with Crippen LogP contribution in [0.15, 0.2) is 35.3 Å². The summed E-state index contributed by atoms with van der Waals surface area (Å²) in [6.07, 6.45) is 5.73. The highest BCUT2D eigenvalue weighted by molar-refractivity contribution is 9.10. The monoisotopic (exact) mass is 445 g/mol. The van der Waals surface area contributed by atoms with E-state index >= 15 is 0 Å². The molecule has 1 N–H and O–H groups in total. The Kier molecular flexibility index (Phi) is 5.31. The number of anilines is 1. The summed E-state index contributed by atoms with van der Waals surface area (Å²) in [7, 11) is 0. The van der Waals surface area contributed by atoms with Crippen molar-refractivity contribution in [1.82, 2.24) is 19.6 Å². The first kappa shape index (κ1) is 19.1. The fraction of sp³-hybridized carbons (Fsp3) is 0.188. The van der Waals surface area contributed by atoms with Crippen LogP contribution in [0, 0.1) is 23.3 Å². The second-order valence-electron chi connectivity index (χ2n) is 5.68. The molecule has 1 atom stereocenters. The third-order valence-electron chi connectivity index (χ3n) is 3.78. The van der Waals surface area contributed by atoms with Crippen molar-refractivity contribution in [1.29, 1.82) is 0 Å². The van der Waals surface area contributed by atoms with E-state index in [0.717, 1.165) is 4.68 Å². The second kappa shape index (κ2) is 7.51. The first-order valence-electron chi connectivity index (χ1n) is 7.61. The molecule has 0 saturated heterocycles. The van der Waals surface area contributed by atoms with Crippen molar-refractivity contribution in [2.45, 2.75) is 19.5 Å². The van der Waals surface area contributed by atoms with Crippen molar-refractivity contribution in [3.63, 3.8) is 0 Å². The molecule has 0 fully saturated rings. The third kappa shape index (κ3) is 4.02. The van der Waals surface area contributed by atoms with Gasteiger partial charge in [-0.15, -0.1) is 0 Å². The molecule has 142 valence electrons. The van der Waals surface area contributed by atoms with Crippen molar-refractivity contribution in [2.75, 3.05) is 5.32 Å². The maximum absolute atomic E-state index is 13.7. The van der Waals surface area contributed by atoms with Gasteiger partial charge in [-0.3, -0.25) is 14.2 Å². The topological polar surface area (TPSA) is 64.7 Å². The van der Waals surface area contributed by atoms with Crippen molar-refractivity contribution in [3.8, 4) is 0 Å². The van der Waals surface area contributed by atoms with Crippen LogP contribution in [0.4, 0.5) is 23.2 Å². The number of carbonyl (C=O) groups is 1. The lowest BCUT2D eigenvalue weighted by Crippen LogP contribution is -2.23. The maximum atomic E-state index is 13.7. The van der Waals surface area contributed by atoms with Crippen LogP contribution in [0.3, 0.4) is 0 Å². The smallest absolute Gasteiger partial charge is 0.249 e. The van der Waals surface area contributed by atoms with Gasteiger partial charge in [0.1, 0.15) is 11.9 Å². The summed E-state index contributed by atoms with van der Waals surface area (Å²) in [5, 5.41) is 10.5. The molecule has 1 unspecified atom stereocenters. The molecule has 3 aromatic rings. The predicted octanol–water partition coefficient (Wildman–Crippen LogP) is 3.65. The minimum atomic E-state index is -1.76. The average Bonchev–Trinajstić information content (AvgIpc) is 3.25. The van der Waals surface area contributed by atoms with E-state index in [1.165, 1.54) is 23.3 Å². The van der Waals surface area contributed by atoms with Gasteiger partial charge in [0.25, 0.3) is 0 Å². The molecule has 0 spiro atoms. The van der Waals surface area contributed by atoms with Crippen LogP contribution >= 0.6 is 15.9 Å². The Bertz CT molecular complexity index is 1000. The van der Waals surface area contributed by atoms with Crippen LogP contribution in [0.1, 0.15) is 18.5 Å². The van der Waals surface area contributed by atoms with Gasteiger partial charge >= 0.3 is 0 Å². The van der Waals surface area contributed by atoms with Gasteiger partial charge < -0.3 is 5.32 Å². The molecule has 1 amide bonds. The average molecular weight is 446 g/mol. The molecule has 11 heteroatoms. The quantitative estimate of drug-likeness (QED) is 0.370. The number of hydrogen-bond donors (Lipinski definition) is 1. The van der Waals surface area contributed by atoms with E-state index in [1.54, 1.807) is 13.1 Å². The molecule has 2 heterocycles. The molecule has 0 aliphatic heterocycles. The molecule has 0 radical (unpaired) electrons. The van der Waals surface area contributed by atoms with E-state index in [2.05, 4.69) is 31.4 Å². The number of rotatable bonds is 5. The van der Waals surface area contributed by atoms with Crippen LogP contribution in [-0.2, 0) is 11.3 Å². The lowest BCUT2D eigenvalue weighted by Gasteiger charge is -2.11. The lowest BCUT2D eigenvalue weighted by atomic mass is 10.2. The Morgan fingerprint density at radius 3 is 2.56 bits per heavy atom. The summed E-state index contributed by atoms with van der Waals surface area (Å²) >= 11 is 3.23. The summed E-state index contributed by atoms with van der Waals surface area (Å²) < 4.78 is 57.0. The lowest BCUT2D eigenvalue weighted by molar-refractivity contribution is -0.119. The van der Waals surface area contributed by atoms with Gasteiger partial charge in [-0.1, -0.05) is 0 Å². The zero-order chi connectivity index (χ0) is 19.7. The predicted molar refractivity (Wildman–Crippen MR) is 90.9 cm³/mol. The van der Waals surface area contributed by atoms with Crippen LogP contribution in [-0.4, -0.2) is 25.5 Å². The number of amides is 1. The first-order valence-corrected chi connectivity index (χ1v) is 8.40. The molecule has 0 saturated carbocycles. The van der Waals surface area contributed by atoms with Gasteiger partial charge in [0.05, 0.1) is 29.1 Å². The van der Waals surface area contributed by atoms with E-state index in [1.807, 2.05) is 0 Å². The number of benzene rings is 1. The van der Waals surface area contributed by atoms with Crippen LogP contribution in [0.5, 0.6) is 0 Å². The maximum Gasteiger partial charge on any atom is 0.249 e. The molecule has 27 heavy (non-hydrogen) atoms. The Morgan fingerprint density at radius 2 is 1.89 bits per heavy atom. The minimum Gasteiger partial charge on any atom is -0.322 e. The molecule has 6 nitrogen and oxygen atoms in total. The van der Waals surface area contributed by atoms with Crippen LogP contribution in [0.2, 0.25) is 0 Å². The number of nitrogens with one attached hydrogen (secondary N) is 1. The Labute approximate surface area is 158 Å². The fourth-order valence-corrected chi connectivity index (χ4v) is 2.62. The van der Waals surface area contributed by atoms with Crippen LogP contribution in [0.25, 0.3) is 0 Å². The van der Waals surface area contributed by atoms with E-state index < -0.39 is 47.3 Å². The minimum absolute atomic E-state index is 0.265. The standard InChI is InChI=1S/C16H12BrF4N5O/c1-8(26-5-9(17)3-23-26)16(27)24-10-4-22-25(6-10)7-11-12(18)2-13(19)15(21)14(11)20/h2-6,8H,7H2,1H3,(H,24,27). The van der Waals surface area contributed by atoms with E-state index in [9.17, 15) is 22.4 Å². The Balaban J connectivity index is 1.72. The SMILES string of the molecule is CC(C(=O)Nc1cnn(Cc2c(F)cc(F)c(F)c2F)c1)n1cc(Br)cn1. The van der Waals surface area contributed by atoms with Crippen LogP contribution < -0.4 is 5.32 Å². The van der Waals surface area contributed by atoms with E-state index in [-0.39, 0.29) is 11.8 Å². The summed E-state index contributed by atoms with van der Waals surface area (Å²) in [5.41, 5.74) is -0.411. The zero-order valence-electron chi connectivity index (χ0n) is 13.8. The first-order chi connectivity index (χ1) is 12.8. The summed E-state index contributed by atoms with van der Waals surface area (Å²) in [6.45, 7) is 1.15. The molecule has 3 rings (SSSR count). The molecular formula is C16H12BrF4N5O. The van der Waals surface area contributed by atoms with Gasteiger partial charge in [0, 0.05) is 24.0 Å².